The molecular weight excluding hydrogens is 260 g/mol. The number of rotatable bonds is 5. The topological polar surface area (TPSA) is 57.3 Å². The third-order valence-electron chi connectivity index (χ3n) is 2.94. The first-order valence-corrected chi connectivity index (χ1v) is 7.41. The van der Waals surface area contributed by atoms with E-state index in [1.54, 1.807) is 18.0 Å². The van der Waals surface area contributed by atoms with Crippen molar-refractivity contribution in [3.63, 3.8) is 0 Å². The number of thioether (sulfide) groups is 1. The average Bonchev–Trinajstić information content (AvgIpc) is 2.89. The minimum absolute atomic E-state index is 0.0840. The predicted octanol–water partition coefficient (Wildman–Crippen LogP) is 0.463. The summed E-state index contributed by atoms with van der Waals surface area (Å²) in [5, 5.41) is 6.46. The van der Waals surface area contributed by atoms with Crippen LogP contribution >= 0.6 is 11.8 Å². The zero-order valence-corrected chi connectivity index (χ0v) is 12.1. The Kier molecular flexibility index (Phi) is 5.18. The van der Waals surface area contributed by atoms with Gasteiger partial charge in [0, 0.05) is 31.2 Å². The van der Waals surface area contributed by atoms with E-state index in [-0.39, 0.29) is 17.3 Å². The minimum atomic E-state index is -0.114. The van der Waals surface area contributed by atoms with Gasteiger partial charge < -0.3 is 10.2 Å². The van der Waals surface area contributed by atoms with Crippen LogP contribution in [0.1, 0.15) is 10.9 Å². The fraction of sp³-hybridized carbons (Fsp3) is 0.538. The molecule has 1 aliphatic rings. The van der Waals surface area contributed by atoms with Gasteiger partial charge in [-0.15, -0.1) is 11.8 Å². The number of nitrogens with one attached hydrogen (secondary N) is 2. The molecule has 0 spiro atoms. The maximum Gasteiger partial charge on any atom is 0.238 e. The van der Waals surface area contributed by atoms with Gasteiger partial charge in [-0.1, -0.05) is 6.07 Å². The van der Waals surface area contributed by atoms with Crippen LogP contribution in [-0.4, -0.2) is 54.8 Å². The molecule has 0 radical (unpaired) electrons. The monoisotopic (exact) mass is 280 g/mol. The number of hydrogen-bond acceptors (Lipinski definition) is 5. The summed E-state index contributed by atoms with van der Waals surface area (Å²) < 4.78 is 0. The van der Waals surface area contributed by atoms with Gasteiger partial charge in [0.25, 0.3) is 0 Å². The van der Waals surface area contributed by atoms with Crippen LogP contribution in [0.2, 0.25) is 0 Å². The fourth-order valence-electron chi connectivity index (χ4n) is 1.87. The SMILES string of the molecule is CN(C)CCNC(=O)C1CSC(c2cccnc2)N1. The Morgan fingerprint density at radius 1 is 1.63 bits per heavy atom. The van der Waals surface area contributed by atoms with Gasteiger partial charge in [-0.3, -0.25) is 15.1 Å². The molecule has 2 unspecified atom stereocenters. The number of likely N-dealkylation sites (N-methyl/N-ethyl adjacent to an activating group) is 1. The van der Waals surface area contributed by atoms with Gasteiger partial charge in [0.1, 0.15) is 0 Å². The molecule has 2 atom stereocenters. The smallest absolute Gasteiger partial charge is 0.238 e. The summed E-state index contributed by atoms with van der Waals surface area (Å²) in [6.07, 6.45) is 3.60. The predicted molar refractivity (Wildman–Crippen MR) is 77.9 cm³/mol. The second-order valence-corrected chi connectivity index (χ2v) is 5.95. The molecule has 1 aromatic rings. The Labute approximate surface area is 118 Å². The molecule has 2 rings (SSSR count). The molecule has 1 aromatic heterocycles. The first-order chi connectivity index (χ1) is 9.16. The van der Waals surface area contributed by atoms with Crippen molar-refractivity contribution in [1.29, 1.82) is 0 Å². The third-order valence-corrected chi connectivity index (χ3v) is 4.21. The van der Waals surface area contributed by atoms with Gasteiger partial charge in [0.05, 0.1) is 11.4 Å². The molecular formula is C13H20N4OS. The lowest BCUT2D eigenvalue weighted by Gasteiger charge is -2.15. The van der Waals surface area contributed by atoms with E-state index in [1.807, 2.05) is 32.4 Å². The van der Waals surface area contributed by atoms with Crippen molar-refractivity contribution in [2.45, 2.75) is 11.4 Å². The van der Waals surface area contributed by atoms with Crippen molar-refractivity contribution < 1.29 is 4.79 Å². The zero-order valence-electron chi connectivity index (χ0n) is 11.3. The summed E-state index contributed by atoms with van der Waals surface area (Å²) in [7, 11) is 3.99. The number of amides is 1. The van der Waals surface area contributed by atoms with Crippen LogP contribution in [0.3, 0.4) is 0 Å². The summed E-state index contributed by atoms with van der Waals surface area (Å²) in [5.41, 5.74) is 1.12. The molecule has 2 heterocycles. The summed E-state index contributed by atoms with van der Waals surface area (Å²) in [6.45, 7) is 1.55. The molecule has 19 heavy (non-hydrogen) atoms. The molecule has 1 aliphatic heterocycles. The standard InChI is InChI=1S/C13H20N4OS/c1-17(2)7-6-15-12(18)11-9-19-13(16-11)10-4-3-5-14-8-10/h3-5,8,11,13,16H,6-7,9H2,1-2H3,(H,15,18). The number of carbonyl (C=O) groups excluding carboxylic acids is 1. The van der Waals surface area contributed by atoms with E-state index in [0.717, 1.165) is 17.9 Å². The zero-order chi connectivity index (χ0) is 13.7. The highest BCUT2D eigenvalue weighted by Gasteiger charge is 2.30. The molecule has 1 amide bonds. The molecule has 104 valence electrons. The lowest BCUT2D eigenvalue weighted by atomic mass is 10.2. The van der Waals surface area contributed by atoms with Crippen molar-refractivity contribution in [2.24, 2.45) is 0 Å². The molecule has 1 fully saturated rings. The van der Waals surface area contributed by atoms with Gasteiger partial charge in [-0.25, -0.2) is 0 Å². The number of carbonyl (C=O) groups is 1. The highest BCUT2D eigenvalue weighted by atomic mass is 32.2. The van der Waals surface area contributed by atoms with E-state index >= 15 is 0 Å². The van der Waals surface area contributed by atoms with Crippen molar-refractivity contribution >= 4 is 17.7 Å². The van der Waals surface area contributed by atoms with E-state index in [0.29, 0.717) is 6.54 Å². The maximum atomic E-state index is 12.0. The Morgan fingerprint density at radius 2 is 2.47 bits per heavy atom. The number of pyridine rings is 1. The van der Waals surface area contributed by atoms with Crippen LogP contribution in [0.15, 0.2) is 24.5 Å². The van der Waals surface area contributed by atoms with Crippen molar-refractivity contribution in [3.05, 3.63) is 30.1 Å². The highest BCUT2D eigenvalue weighted by Crippen LogP contribution is 2.32. The van der Waals surface area contributed by atoms with Gasteiger partial charge in [-0.05, 0) is 25.7 Å². The largest absolute Gasteiger partial charge is 0.353 e. The number of aromatic nitrogens is 1. The average molecular weight is 280 g/mol. The normalized spacial score (nSPS) is 22.7. The van der Waals surface area contributed by atoms with Crippen molar-refractivity contribution in [1.82, 2.24) is 20.5 Å². The maximum absolute atomic E-state index is 12.0. The Morgan fingerprint density at radius 3 is 3.16 bits per heavy atom. The number of nitrogens with zero attached hydrogens (tertiary/aromatic N) is 2. The van der Waals surface area contributed by atoms with Crippen LogP contribution in [-0.2, 0) is 4.79 Å². The molecule has 2 N–H and O–H groups in total. The van der Waals surface area contributed by atoms with E-state index in [2.05, 4.69) is 20.5 Å². The molecule has 5 nitrogen and oxygen atoms in total. The van der Waals surface area contributed by atoms with Gasteiger partial charge in [-0.2, -0.15) is 0 Å². The highest BCUT2D eigenvalue weighted by molar-refractivity contribution is 7.99. The van der Waals surface area contributed by atoms with Crippen LogP contribution in [0, 0.1) is 0 Å². The van der Waals surface area contributed by atoms with Crippen LogP contribution in [0.5, 0.6) is 0 Å². The molecule has 1 saturated heterocycles. The summed E-state index contributed by atoms with van der Waals surface area (Å²) in [5.74, 6) is 0.883. The molecule has 0 aromatic carbocycles. The summed E-state index contributed by atoms with van der Waals surface area (Å²) in [6, 6.07) is 3.84. The molecule has 0 bridgehead atoms. The first-order valence-electron chi connectivity index (χ1n) is 6.37. The quantitative estimate of drug-likeness (QED) is 0.821. The lowest BCUT2D eigenvalue weighted by Crippen LogP contribution is -2.44. The van der Waals surface area contributed by atoms with Gasteiger partial charge in [0.2, 0.25) is 5.91 Å². The van der Waals surface area contributed by atoms with Crippen LogP contribution in [0.4, 0.5) is 0 Å². The van der Waals surface area contributed by atoms with Crippen molar-refractivity contribution in [3.8, 4) is 0 Å². The third kappa shape index (κ3) is 4.19. The van der Waals surface area contributed by atoms with Crippen LogP contribution < -0.4 is 10.6 Å². The van der Waals surface area contributed by atoms with E-state index in [4.69, 9.17) is 0 Å². The summed E-state index contributed by atoms with van der Waals surface area (Å²) in [4.78, 5) is 18.1. The molecule has 0 saturated carbocycles. The van der Waals surface area contributed by atoms with E-state index in [1.165, 1.54) is 0 Å². The second kappa shape index (κ2) is 6.88. The molecule has 0 aliphatic carbocycles. The summed E-state index contributed by atoms with van der Waals surface area (Å²) >= 11 is 1.75. The first kappa shape index (κ1) is 14.3. The second-order valence-electron chi connectivity index (χ2n) is 4.81. The lowest BCUT2D eigenvalue weighted by molar-refractivity contribution is -0.122. The minimum Gasteiger partial charge on any atom is -0.353 e. The van der Waals surface area contributed by atoms with Crippen molar-refractivity contribution in [2.75, 3.05) is 32.9 Å². The Hall–Kier alpha value is -1.11. The van der Waals surface area contributed by atoms with Gasteiger partial charge in [0.15, 0.2) is 0 Å². The fourth-order valence-corrected chi connectivity index (χ4v) is 3.10. The van der Waals surface area contributed by atoms with Gasteiger partial charge >= 0.3 is 0 Å². The van der Waals surface area contributed by atoms with E-state index in [9.17, 15) is 4.79 Å². The Balaban J connectivity index is 1.80. The van der Waals surface area contributed by atoms with E-state index < -0.39 is 0 Å². The molecule has 6 heteroatoms. The number of hydrogen-bond donors (Lipinski definition) is 2. The Bertz CT molecular complexity index is 412. The van der Waals surface area contributed by atoms with Crippen LogP contribution in [0.25, 0.3) is 0 Å².